The zero-order valence-electron chi connectivity index (χ0n) is 11.8. The van der Waals surface area contributed by atoms with Crippen LogP contribution >= 0.6 is 0 Å². The fourth-order valence-corrected chi connectivity index (χ4v) is 2.76. The topological polar surface area (TPSA) is 34.1 Å². The maximum Gasteiger partial charge on any atom is 0.166 e. The van der Waals surface area contributed by atoms with Crippen molar-refractivity contribution >= 4 is 11.6 Å². The van der Waals surface area contributed by atoms with Gasteiger partial charge >= 0.3 is 0 Å². The van der Waals surface area contributed by atoms with Crippen molar-refractivity contribution in [2.75, 3.05) is 0 Å². The van der Waals surface area contributed by atoms with Crippen LogP contribution in [0.1, 0.15) is 55.5 Å². The predicted octanol–water partition coefficient (Wildman–Crippen LogP) is 3.83. The van der Waals surface area contributed by atoms with Gasteiger partial charge in [-0.15, -0.1) is 0 Å². The Morgan fingerprint density at radius 2 is 1.95 bits per heavy atom. The molecular formula is C17H22O2. The van der Waals surface area contributed by atoms with Crippen molar-refractivity contribution in [3.05, 3.63) is 35.4 Å². The quantitative estimate of drug-likeness (QED) is 0.769. The van der Waals surface area contributed by atoms with Crippen molar-refractivity contribution in [2.24, 2.45) is 11.8 Å². The van der Waals surface area contributed by atoms with Crippen molar-refractivity contribution in [1.29, 1.82) is 0 Å². The van der Waals surface area contributed by atoms with Crippen LogP contribution in [0.4, 0.5) is 0 Å². The highest BCUT2D eigenvalue weighted by Crippen LogP contribution is 2.25. The molecule has 0 bridgehead atoms. The van der Waals surface area contributed by atoms with Crippen LogP contribution in [0, 0.1) is 11.8 Å². The molecule has 0 saturated heterocycles. The van der Waals surface area contributed by atoms with Crippen LogP contribution in [0.5, 0.6) is 0 Å². The lowest BCUT2D eigenvalue weighted by Gasteiger charge is -2.19. The standard InChI is InChI=1S/C17H22O2/c1-12(2)10-13-6-8-14(9-7-13)17(19)15-4-3-5-16(18)11-15/h6-9,12,15H,3-5,10-11H2,1-2H3. The van der Waals surface area contributed by atoms with E-state index in [9.17, 15) is 9.59 Å². The lowest BCUT2D eigenvalue weighted by molar-refractivity contribution is -0.121. The third-order valence-corrected chi connectivity index (χ3v) is 3.74. The second kappa shape index (κ2) is 6.14. The Balaban J connectivity index is 2.04. The number of ketones is 2. The van der Waals surface area contributed by atoms with Crippen LogP contribution < -0.4 is 0 Å². The zero-order valence-corrected chi connectivity index (χ0v) is 11.8. The molecule has 1 aliphatic rings. The summed E-state index contributed by atoms with van der Waals surface area (Å²) in [5.74, 6) is 0.917. The SMILES string of the molecule is CC(C)Cc1ccc(C(=O)C2CCCC(=O)C2)cc1. The number of benzene rings is 1. The summed E-state index contributed by atoms with van der Waals surface area (Å²) in [6.45, 7) is 4.37. The summed E-state index contributed by atoms with van der Waals surface area (Å²) in [5.41, 5.74) is 2.03. The summed E-state index contributed by atoms with van der Waals surface area (Å²) in [5, 5.41) is 0. The minimum atomic E-state index is -0.0859. The van der Waals surface area contributed by atoms with Gasteiger partial charge in [0.2, 0.25) is 0 Å². The molecule has 0 N–H and O–H groups in total. The Bertz CT molecular complexity index is 457. The van der Waals surface area contributed by atoms with E-state index >= 15 is 0 Å². The molecule has 2 nitrogen and oxygen atoms in total. The highest BCUT2D eigenvalue weighted by atomic mass is 16.1. The molecule has 0 amide bonds. The number of rotatable bonds is 4. The summed E-state index contributed by atoms with van der Waals surface area (Å²) in [6.07, 6.45) is 3.85. The molecule has 1 saturated carbocycles. The number of carbonyl (C=O) groups is 2. The number of hydrogen-bond acceptors (Lipinski definition) is 2. The molecule has 1 atom stereocenters. The summed E-state index contributed by atoms with van der Waals surface area (Å²) in [7, 11) is 0. The largest absolute Gasteiger partial charge is 0.300 e. The Morgan fingerprint density at radius 1 is 1.26 bits per heavy atom. The molecule has 0 spiro atoms. The van der Waals surface area contributed by atoms with Crippen LogP contribution in [0.15, 0.2) is 24.3 Å². The smallest absolute Gasteiger partial charge is 0.166 e. The molecular weight excluding hydrogens is 236 g/mol. The minimum Gasteiger partial charge on any atom is -0.300 e. The molecule has 0 heterocycles. The number of carbonyl (C=O) groups excluding carboxylic acids is 2. The number of hydrogen-bond donors (Lipinski definition) is 0. The summed E-state index contributed by atoms with van der Waals surface area (Å²) < 4.78 is 0. The molecule has 1 unspecified atom stereocenters. The first-order valence-electron chi connectivity index (χ1n) is 7.21. The maximum absolute atomic E-state index is 12.3. The first kappa shape index (κ1) is 14.0. The zero-order chi connectivity index (χ0) is 13.8. The van der Waals surface area contributed by atoms with E-state index in [0.29, 0.717) is 18.8 Å². The van der Waals surface area contributed by atoms with Crippen LogP contribution in [0.2, 0.25) is 0 Å². The Labute approximate surface area is 115 Å². The van der Waals surface area contributed by atoms with Crippen molar-refractivity contribution < 1.29 is 9.59 Å². The normalized spacial score (nSPS) is 19.7. The van der Waals surface area contributed by atoms with Crippen molar-refractivity contribution in [3.63, 3.8) is 0 Å². The fraction of sp³-hybridized carbons (Fsp3) is 0.529. The van der Waals surface area contributed by atoms with E-state index in [4.69, 9.17) is 0 Å². The van der Waals surface area contributed by atoms with Crippen molar-refractivity contribution in [1.82, 2.24) is 0 Å². The van der Waals surface area contributed by atoms with Gasteiger partial charge in [0.05, 0.1) is 0 Å². The highest BCUT2D eigenvalue weighted by Gasteiger charge is 2.26. The second-order valence-electron chi connectivity index (χ2n) is 5.99. The third-order valence-electron chi connectivity index (χ3n) is 3.74. The average molecular weight is 258 g/mol. The first-order valence-corrected chi connectivity index (χ1v) is 7.21. The lowest BCUT2D eigenvalue weighted by Crippen LogP contribution is -2.22. The van der Waals surface area contributed by atoms with Crippen LogP contribution in [-0.4, -0.2) is 11.6 Å². The van der Waals surface area contributed by atoms with E-state index in [0.717, 1.165) is 24.8 Å². The van der Waals surface area contributed by atoms with Crippen LogP contribution in [0.25, 0.3) is 0 Å². The fourth-order valence-electron chi connectivity index (χ4n) is 2.76. The van der Waals surface area contributed by atoms with E-state index in [1.54, 1.807) is 0 Å². The molecule has 1 aromatic rings. The van der Waals surface area contributed by atoms with Gasteiger partial charge in [0.25, 0.3) is 0 Å². The molecule has 1 aliphatic carbocycles. The lowest BCUT2D eigenvalue weighted by atomic mass is 9.83. The summed E-state index contributed by atoms with van der Waals surface area (Å²) in [4.78, 5) is 23.8. The van der Waals surface area contributed by atoms with Gasteiger partial charge in [-0.05, 0) is 30.7 Å². The van der Waals surface area contributed by atoms with Crippen molar-refractivity contribution in [2.45, 2.75) is 46.0 Å². The first-order chi connectivity index (χ1) is 9.06. The second-order valence-corrected chi connectivity index (χ2v) is 5.99. The third kappa shape index (κ3) is 3.76. The Hall–Kier alpha value is -1.44. The molecule has 1 aromatic carbocycles. The van der Waals surface area contributed by atoms with Crippen LogP contribution in [0.3, 0.4) is 0 Å². The van der Waals surface area contributed by atoms with Crippen LogP contribution in [-0.2, 0) is 11.2 Å². The van der Waals surface area contributed by atoms with Gasteiger partial charge in [0.1, 0.15) is 5.78 Å². The molecule has 2 heteroatoms. The minimum absolute atomic E-state index is 0.0859. The highest BCUT2D eigenvalue weighted by molar-refractivity contribution is 6.00. The monoisotopic (exact) mass is 258 g/mol. The molecule has 0 aromatic heterocycles. The molecule has 2 rings (SSSR count). The van der Waals surface area contributed by atoms with Gasteiger partial charge in [-0.1, -0.05) is 38.1 Å². The van der Waals surface area contributed by atoms with E-state index < -0.39 is 0 Å². The summed E-state index contributed by atoms with van der Waals surface area (Å²) >= 11 is 0. The van der Waals surface area contributed by atoms with E-state index in [-0.39, 0.29) is 17.5 Å². The maximum atomic E-state index is 12.3. The van der Waals surface area contributed by atoms with E-state index in [1.165, 1.54) is 5.56 Å². The molecule has 1 fully saturated rings. The van der Waals surface area contributed by atoms with Gasteiger partial charge in [-0.25, -0.2) is 0 Å². The molecule has 0 radical (unpaired) electrons. The van der Waals surface area contributed by atoms with Crippen molar-refractivity contribution in [3.8, 4) is 0 Å². The Morgan fingerprint density at radius 3 is 2.53 bits per heavy atom. The van der Waals surface area contributed by atoms with Gasteiger partial charge in [0.15, 0.2) is 5.78 Å². The van der Waals surface area contributed by atoms with Gasteiger partial charge < -0.3 is 0 Å². The Kier molecular flexibility index (Phi) is 4.52. The summed E-state index contributed by atoms with van der Waals surface area (Å²) in [6, 6.07) is 7.91. The van der Waals surface area contributed by atoms with Gasteiger partial charge in [0, 0.05) is 24.3 Å². The van der Waals surface area contributed by atoms with E-state index in [2.05, 4.69) is 13.8 Å². The van der Waals surface area contributed by atoms with E-state index in [1.807, 2.05) is 24.3 Å². The molecule has 0 aliphatic heterocycles. The van der Waals surface area contributed by atoms with Gasteiger partial charge in [-0.3, -0.25) is 9.59 Å². The average Bonchev–Trinajstić information content (AvgIpc) is 2.38. The molecule has 19 heavy (non-hydrogen) atoms. The molecule has 102 valence electrons. The van der Waals surface area contributed by atoms with Gasteiger partial charge in [-0.2, -0.15) is 0 Å². The number of Topliss-reactive ketones (excluding diaryl/α,β-unsaturated/α-hetero) is 2. The predicted molar refractivity (Wildman–Crippen MR) is 76.3 cm³/mol.